The van der Waals surface area contributed by atoms with E-state index >= 15 is 0 Å². The lowest BCUT2D eigenvalue weighted by Crippen LogP contribution is -2.22. The predicted octanol–water partition coefficient (Wildman–Crippen LogP) is 4.73. The first-order chi connectivity index (χ1) is 10.0. The molecule has 0 aliphatic heterocycles. The summed E-state index contributed by atoms with van der Waals surface area (Å²) < 4.78 is 5.97. The number of benzene rings is 2. The molecule has 0 aliphatic rings. The number of aryl methyl sites for hydroxylation is 1. The Hall–Kier alpha value is -1.51. The number of hydrogen-bond donors (Lipinski definition) is 1. The molecule has 0 spiro atoms. The van der Waals surface area contributed by atoms with E-state index in [2.05, 4.69) is 50.4 Å². The summed E-state index contributed by atoms with van der Waals surface area (Å²) in [5, 5.41) is 4.13. The topological polar surface area (TPSA) is 21.3 Å². The van der Waals surface area contributed by atoms with Gasteiger partial charge in [0.25, 0.3) is 0 Å². The smallest absolute Gasteiger partial charge is 0.124 e. The van der Waals surface area contributed by atoms with Gasteiger partial charge in [0.2, 0.25) is 0 Å². The molecule has 2 nitrogen and oxygen atoms in total. The second-order valence-electron chi connectivity index (χ2n) is 5.57. The third-order valence-electron chi connectivity index (χ3n) is 3.20. The minimum atomic E-state index is 0.425. The van der Waals surface area contributed by atoms with Gasteiger partial charge in [0.1, 0.15) is 12.4 Å². The van der Waals surface area contributed by atoms with E-state index in [4.69, 9.17) is 16.3 Å². The van der Waals surface area contributed by atoms with Crippen molar-refractivity contribution in [3.63, 3.8) is 0 Å². The Morgan fingerprint density at radius 2 is 1.95 bits per heavy atom. The van der Waals surface area contributed by atoms with Gasteiger partial charge < -0.3 is 10.1 Å². The fraction of sp³-hybridized carbons (Fsp3) is 0.333. The van der Waals surface area contributed by atoms with Gasteiger partial charge in [0.15, 0.2) is 0 Å². The molecule has 112 valence electrons. The molecule has 0 amide bonds. The van der Waals surface area contributed by atoms with Crippen LogP contribution >= 0.6 is 11.6 Å². The molecule has 2 aromatic carbocycles. The predicted molar refractivity (Wildman–Crippen MR) is 88.9 cm³/mol. The molecule has 0 aromatic heterocycles. The minimum absolute atomic E-state index is 0.425. The van der Waals surface area contributed by atoms with E-state index in [-0.39, 0.29) is 0 Å². The number of nitrogens with one attached hydrogen (secondary N) is 1. The van der Waals surface area contributed by atoms with Gasteiger partial charge in [-0.3, -0.25) is 0 Å². The summed E-state index contributed by atoms with van der Waals surface area (Å²) >= 11 is 6.09. The van der Waals surface area contributed by atoms with Crippen molar-refractivity contribution in [2.75, 3.05) is 0 Å². The summed E-state index contributed by atoms with van der Waals surface area (Å²) in [6.07, 6.45) is 0. The van der Waals surface area contributed by atoms with E-state index in [0.717, 1.165) is 22.9 Å². The van der Waals surface area contributed by atoms with E-state index in [1.165, 1.54) is 11.1 Å². The van der Waals surface area contributed by atoms with E-state index in [0.29, 0.717) is 12.6 Å². The largest absolute Gasteiger partial charge is 0.489 e. The highest BCUT2D eigenvalue weighted by atomic mass is 35.5. The maximum Gasteiger partial charge on any atom is 0.124 e. The van der Waals surface area contributed by atoms with E-state index in [1.54, 1.807) is 0 Å². The summed E-state index contributed by atoms with van der Waals surface area (Å²) in [6, 6.07) is 14.6. The third kappa shape index (κ3) is 5.07. The van der Waals surface area contributed by atoms with E-state index < -0.39 is 0 Å². The van der Waals surface area contributed by atoms with Crippen molar-refractivity contribution in [1.82, 2.24) is 5.32 Å². The van der Waals surface area contributed by atoms with E-state index in [1.807, 2.05) is 18.2 Å². The zero-order chi connectivity index (χ0) is 15.2. The maximum atomic E-state index is 6.09. The van der Waals surface area contributed by atoms with Gasteiger partial charge in [-0.05, 0) is 30.7 Å². The van der Waals surface area contributed by atoms with Crippen molar-refractivity contribution >= 4 is 11.6 Å². The summed E-state index contributed by atoms with van der Waals surface area (Å²) in [7, 11) is 0. The number of ether oxygens (including phenoxy) is 1. The Kier molecular flexibility index (Phi) is 5.66. The van der Waals surface area contributed by atoms with Gasteiger partial charge in [-0.15, -0.1) is 0 Å². The van der Waals surface area contributed by atoms with Gasteiger partial charge in [0, 0.05) is 23.2 Å². The quantitative estimate of drug-likeness (QED) is 0.833. The second-order valence-corrected chi connectivity index (χ2v) is 6.00. The first kappa shape index (κ1) is 15.9. The Morgan fingerprint density at radius 3 is 2.67 bits per heavy atom. The molecular weight excluding hydrogens is 282 g/mol. The molecule has 0 saturated carbocycles. The van der Waals surface area contributed by atoms with Crippen LogP contribution in [0.1, 0.15) is 30.5 Å². The lowest BCUT2D eigenvalue weighted by molar-refractivity contribution is 0.301. The molecular formula is C18H22ClNO. The number of halogens is 1. The molecule has 2 aromatic rings. The monoisotopic (exact) mass is 303 g/mol. The lowest BCUT2D eigenvalue weighted by atomic mass is 10.1. The normalized spacial score (nSPS) is 10.9. The summed E-state index contributed by atoms with van der Waals surface area (Å²) in [6.45, 7) is 7.65. The molecule has 0 aliphatic carbocycles. The minimum Gasteiger partial charge on any atom is -0.489 e. The maximum absolute atomic E-state index is 6.09. The van der Waals surface area contributed by atoms with Crippen LogP contribution < -0.4 is 10.1 Å². The van der Waals surface area contributed by atoms with Crippen molar-refractivity contribution in [2.24, 2.45) is 0 Å². The summed E-state index contributed by atoms with van der Waals surface area (Å²) in [5.41, 5.74) is 3.51. The lowest BCUT2D eigenvalue weighted by Gasteiger charge is -2.14. The van der Waals surface area contributed by atoms with Crippen LogP contribution in [0.4, 0.5) is 0 Å². The molecule has 21 heavy (non-hydrogen) atoms. The Labute approximate surface area is 132 Å². The van der Waals surface area contributed by atoms with Gasteiger partial charge in [0.05, 0.1) is 0 Å². The fourth-order valence-corrected chi connectivity index (χ4v) is 2.30. The third-order valence-corrected chi connectivity index (χ3v) is 3.44. The number of hydrogen-bond acceptors (Lipinski definition) is 2. The van der Waals surface area contributed by atoms with Gasteiger partial charge >= 0.3 is 0 Å². The average Bonchev–Trinajstić information content (AvgIpc) is 2.44. The SMILES string of the molecule is Cc1cccc(COc2ccc(Cl)cc2CNC(C)C)c1. The van der Waals surface area contributed by atoms with Crippen LogP contribution in [0.3, 0.4) is 0 Å². The molecule has 2 rings (SSSR count). The molecule has 0 heterocycles. The highest BCUT2D eigenvalue weighted by Crippen LogP contribution is 2.24. The molecule has 0 saturated heterocycles. The Morgan fingerprint density at radius 1 is 1.14 bits per heavy atom. The highest BCUT2D eigenvalue weighted by Gasteiger charge is 2.06. The van der Waals surface area contributed by atoms with Crippen molar-refractivity contribution in [3.8, 4) is 5.75 Å². The summed E-state index contributed by atoms with van der Waals surface area (Å²) in [4.78, 5) is 0. The first-order valence-electron chi connectivity index (χ1n) is 7.25. The molecule has 0 bridgehead atoms. The van der Waals surface area contributed by atoms with E-state index in [9.17, 15) is 0 Å². The zero-order valence-electron chi connectivity index (χ0n) is 12.8. The zero-order valence-corrected chi connectivity index (χ0v) is 13.6. The average molecular weight is 304 g/mol. The van der Waals surface area contributed by atoms with Crippen LogP contribution in [0.2, 0.25) is 5.02 Å². The van der Waals surface area contributed by atoms with Crippen LogP contribution in [0.15, 0.2) is 42.5 Å². The van der Waals surface area contributed by atoms with Gasteiger partial charge in [-0.2, -0.15) is 0 Å². The van der Waals surface area contributed by atoms with Gasteiger partial charge in [-0.25, -0.2) is 0 Å². The van der Waals surface area contributed by atoms with Crippen molar-refractivity contribution < 1.29 is 4.74 Å². The molecule has 0 fully saturated rings. The van der Waals surface area contributed by atoms with Gasteiger partial charge in [-0.1, -0.05) is 55.3 Å². The van der Waals surface area contributed by atoms with Crippen molar-refractivity contribution in [1.29, 1.82) is 0 Å². The van der Waals surface area contributed by atoms with Crippen LogP contribution in [0, 0.1) is 6.92 Å². The Balaban J connectivity index is 2.08. The Bertz CT molecular complexity index is 596. The highest BCUT2D eigenvalue weighted by molar-refractivity contribution is 6.30. The molecule has 0 atom stereocenters. The molecule has 1 N–H and O–H groups in total. The summed E-state index contributed by atoms with van der Waals surface area (Å²) in [5.74, 6) is 0.883. The fourth-order valence-electron chi connectivity index (χ4n) is 2.10. The van der Waals surface area contributed by atoms with Crippen LogP contribution in [0.25, 0.3) is 0 Å². The second kappa shape index (κ2) is 7.48. The standard InChI is InChI=1S/C18H22ClNO/c1-13(2)20-11-16-10-17(19)7-8-18(16)21-12-15-6-4-5-14(3)9-15/h4-10,13,20H,11-12H2,1-3H3. The molecule has 0 unspecified atom stereocenters. The first-order valence-corrected chi connectivity index (χ1v) is 7.62. The van der Waals surface area contributed by atoms with Crippen molar-refractivity contribution in [2.45, 2.75) is 40.0 Å². The van der Waals surface area contributed by atoms with Crippen molar-refractivity contribution in [3.05, 3.63) is 64.2 Å². The molecule has 3 heteroatoms. The van der Waals surface area contributed by atoms with Crippen LogP contribution in [0.5, 0.6) is 5.75 Å². The number of rotatable bonds is 6. The van der Waals surface area contributed by atoms with Crippen LogP contribution in [-0.4, -0.2) is 6.04 Å². The molecule has 0 radical (unpaired) electrons. The van der Waals surface area contributed by atoms with Crippen LogP contribution in [-0.2, 0) is 13.2 Å².